The summed E-state index contributed by atoms with van der Waals surface area (Å²) in [6.45, 7) is 3.22. The van der Waals surface area contributed by atoms with E-state index in [2.05, 4.69) is 15.2 Å². The Hall–Kier alpha value is -1.91. The third-order valence-electron chi connectivity index (χ3n) is 5.98. The Balaban J connectivity index is 1.85. The zero-order valence-electron chi connectivity index (χ0n) is 17.6. The van der Waals surface area contributed by atoms with Crippen LogP contribution in [0.4, 0.5) is 14.6 Å². The van der Waals surface area contributed by atoms with Gasteiger partial charge in [0.25, 0.3) is 0 Å². The highest BCUT2D eigenvalue weighted by Crippen LogP contribution is 2.46. The quantitative estimate of drug-likeness (QED) is 0.531. The monoisotopic (exact) mass is 512 g/mol. The molecular weight excluding hydrogens is 493 g/mol. The van der Waals surface area contributed by atoms with E-state index in [-0.39, 0.29) is 21.7 Å². The molecule has 6 nitrogen and oxygen atoms in total. The Kier molecular flexibility index (Phi) is 6.26. The van der Waals surface area contributed by atoms with E-state index in [0.717, 1.165) is 19.2 Å². The van der Waals surface area contributed by atoms with Crippen LogP contribution in [0.15, 0.2) is 27.9 Å². The van der Waals surface area contributed by atoms with Crippen LogP contribution < -0.4 is 15.9 Å². The van der Waals surface area contributed by atoms with Crippen molar-refractivity contribution in [2.24, 2.45) is 0 Å². The van der Waals surface area contributed by atoms with Crippen molar-refractivity contribution in [3.63, 3.8) is 0 Å². The van der Waals surface area contributed by atoms with E-state index in [1.54, 1.807) is 17.7 Å². The standard InChI is InChI=1S/C22H20Cl2F2N4O2S/c1-32-11-9-30-19-13(21(28-22(30)31)29-4-2-27-3-5-29)7-15(24)18(20(19)33-10-11)12-6-14(23)17(26)8-16(12)25/h6-8,11,27H,2-5,9-10H2,1H3/t11-/m1/s1. The van der Waals surface area contributed by atoms with Crippen molar-refractivity contribution in [3.05, 3.63) is 50.4 Å². The van der Waals surface area contributed by atoms with E-state index in [9.17, 15) is 13.6 Å². The van der Waals surface area contributed by atoms with Gasteiger partial charge in [-0.3, -0.25) is 4.57 Å². The number of rotatable bonds is 3. The molecule has 1 atom stereocenters. The number of nitrogens with zero attached hydrogens (tertiary/aromatic N) is 3. The zero-order valence-corrected chi connectivity index (χ0v) is 20.0. The molecule has 0 saturated carbocycles. The van der Waals surface area contributed by atoms with Gasteiger partial charge in [0.15, 0.2) is 0 Å². The summed E-state index contributed by atoms with van der Waals surface area (Å²) < 4.78 is 35.9. The Morgan fingerprint density at radius 1 is 1.15 bits per heavy atom. The fraction of sp³-hybridized carbons (Fsp3) is 0.364. The Morgan fingerprint density at radius 3 is 2.64 bits per heavy atom. The average Bonchev–Trinajstić information content (AvgIpc) is 3.00. The Morgan fingerprint density at radius 2 is 1.91 bits per heavy atom. The van der Waals surface area contributed by atoms with E-state index in [4.69, 9.17) is 27.9 Å². The molecule has 33 heavy (non-hydrogen) atoms. The summed E-state index contributed by atoms with van der Waals surface area (Å²) in [7, 11) is 1.58. The smallest absolute Gasteiger partial charge is 0.350 e. The molecular formula is C22H20Cl2F2N4O2S. The second kappa shape index (κ2) is 9.03. The van der Waals surface area contributed by atoms with Crippen LogP contribution in [0.3, 0.4) is 0 Å². The lowest BCUT2D eigenvalue weighted by atomic mass is 10.0. The van der Waals surface area contributed by atoms with Crippen LogP contribution in [0.5, 0.6) is 0 Å². The minimum absolute atomic E-state index is 0.0752. The largest absolute Gasteiger partial charge is 0.379 e. The van der Waals surface area contributed by atoms with Crippen LogP contribution in [0.1, 0.15) is 0 Å². The number of methoxy groups -OCH3 is 1. The number of ether oxygens (including phenoxy) is 1. The van der Waals surface area contributed by atoms with Crippen molar-refractivity contribution in [1.82, 2.24) is 14.9 Å². The lowest BCUT2D eigenvalue weighted by Crippen LogP contribution is -2.45. The predicted molar refractivity (Wildman–Crippen MR) is 128 cm³/mol. The zero-order chi connectivity index (χ0) is 23.3. The molecule has 1 fully saturated rings. The predicted octanol–water partition coefficient (Wildman–Crippen LogP) is 4.18. The third kappa shape index (κ3) is 4.00. The molecule has 3 heterocycles. The van der Waals surface area contributed by atoms with E-state index in [0.29, 0.717) is 52.6 Å². The lowest BCUT2D eigenvalue weighted by Gasteiger charge is -2.30. The molecule has 5 rings (SSSR count). The Bertz CT molecular complexity index is 1310. The molecule has 11 heteroatoms. The number of benzene rings is 2. The summed E-state index contributed by atoms with van der Waals surface area (Å²) in [6, 6.07) is 3.69. The molecule has 0 spiro atoms. The number of piperazine rings is 1. The SMILES string of the molecule is CO[C@H]1CSc2c(-c3cc(Cl)c(F)cc3F)c(Cl)cc3c(N4CCNCC4)nc(=O)n(c23)C1. The molecule has 174 valence electrons. The van der Waals surface area contributed by atoms with Crippen LogP contribution in [-0.2, 0) is 11.3 Å². The first kappa shape index (κ1) is 22.9. The van der Waals surface area contributed by atoms with Crippen LogP contribution in [0.2, 0.25) is 10.0 Å². The van der Waals surface area contributed by atoms with Crippen molar-refractivity contribution in [2.45, 2.75) is 17.5 Å². The van der Waals surface area contributed by atoms with Gasteiger partial charge in [-0.2, -0.15) is 4.98 Å². The molecule has 1 aromatic heterocycles. The van der Waals surface area contributed by atoms with Crippen LogP contribution in [0, 0.1) is 11.6 Å². The normalized spacial score (nSPS) is 18.6. The fourth-order valence-corrected chi connectivity index (χ4v) is 6.17. The number of aromatic nitrogens is 2. The van der Waals surface area contributed by atoms with Gasteiger partial charge in [0.1, 0.15) is 17.5 Å². The maximum Gasteiger partial charge on any atom is 0.350 e. The van der Waals surface area contributed by atoms with Gasteiger partial charge in [0.2, 0.25) is 0 Å². The van der Waals surface area contributed by atoms with Crippen LogP contribution >= 0.6 is 35.0 Å². The molecule has 0 radical (unpaired) electrons. The number of thioether (sulfide) groups is 1. The molecule has 0 aliphatic carbocycles. The number of hydrogen-bond acceptors (Lipinski definition) is 6. The van der Waals surface area contributed by atoms with Crippen molar-refractivity contribution in [2.75, 3.05) is 43.9 Å². The summed E-state index contributed by atoms with van der Waals surface area (Å²) >= 11 is 14.2. The molecule has 3 aromatic rings. The Labute approximate surface area is 202 Å². The third-order valence-corrected chi connectivity index (χ3v) is 7.79. The second-order valence-electron chi connectivity index (χ2n) is 7.94. The van der Waals surface area contributed by atoms with Gasteiger partial charge < -0.3 is 15.0 Å². The number of nitrogens with one attached hydrogen (secondary N) is 1. The summed E-state index contributed by atoms with van der Waals surface area (Å²) in [5.74, 6) is -0.571. The topological polar surface area (TPSA) is 59.4 Å². The maximum absolute atomic E-state index is 14.9. The number of halogens is 4. The molecule has 0 unspecified atom stereocenters. The molecule has 0 amide bonds. The lowest BCUT2D eigenvalue weighted by molar-refractivity contribution is 0.107. The number of anilines is 1. The van der Waals surface area contributed by atoms with Gasteiger partial charge in [0.05, 0.1) is 28.2 Å². The van der Waals surface area contributed by atoms with Crippen molar-refractivity contribution < 1.29 is 13.5 Å². The number of hydrogen-bond donors (Lipinski definition) is 1. The van der Waals surface area contributed by atoms with E-state index < -0.39 is 17.3 Å². The highest BCUT2D eigenvalue weighted by Gasteiger charge is 2.29. The molecule has 0 bridgehead atoms. The van der Waals surface area contributed by atoms with E-state index >= 15 is 0 Å². The van der Waals surface area contributed by atoms with Gasteiger partial charge in [-0.05, 0) is 12.1 Å². The van der Waals surface area contributed by atoms with Gasteiger partial charge in [-0.1, -0.05) is 23.2 Å². The van der Waals surface area contributed by atoms with Crippen LogP contribution in [-0.4, -0.2) is 54.7 Å². The molecule has 2 aliphatic rings. The van der Waals surface area contributed by atoms with E-state index in [1.807, 2.05) is 0 Å². The summed E-state index contributed by atoms with van der Waals surface area (Å²) in [5, 5.41) is 4.05. The fourth-order valence-electron chi connectivity index (χ4n) is 4.33. The molecule has 1 saturated heterocycles. The van der Waals surface area contributed by atoms with E-state index in [1.165, 1.54) is 17.8 Å². The molecule has 1 N–H and O–H groups in total. The van der Waals surface area contributed by atoms with Gasteiger partial charge >= 0.3 is 5.69 Å². The van der Waals surface area contributed by atoms with Crippen molar-refractivity contribution in [3.8, 4) is 11.1 Å². The second-order valence-corrected chi connectivity index (χ2v) is 9.78. The molecule has 2 aliphatic heterocycles. The average molecular weight is 513 g/mol. The first-order chi connectivity index (χ1) is 15.9. The maximum atomic E-state index is 14.9. The van der Waals surface area contributed by atoms with Gasteiger partial charge in [-0.25, -0.2) is 13.6 Å². The first-order valence-electron chi connectivity index (χ1n) is 10.4. The highest BCUT2D eigenvalue weighted by atomic mass is 35.5. The highest BCUT2D eigenvalue weighted by molar-refractivity contribution is 7.99. The van der Waals surface area contributed by atoms with Crippen molar-refractivity contribution >= 4 is 51.7 Å². The van der Waals surface area contributed by atoms with Crippen molar-refractivity contribution in [1.29, 1.82) is 0 Å². The summed E-state index contributed by atoms with van der Waals surface area (Å²) in [6.07, 6.45) is -0.261. The first-order valence-corrected chi connectivity index (χ1v) is 12.2. The summed E-state index contributed by atoms with van der Waals surface area (Å²) in [4.78, 5) is 20.3. The van der Waals surface area contributed by atoms with Gasteiger partial charge in [0, 0.05) is 66.5 Å². The van der Waals surface area contributed by atoms with Crippen LogP contribution in [0.25, 0.3) is 22.0 Å². The minimum Gasteiger partial charge on any atom is -0.379 e. The summed E-state index contributed by atoms with van der Waals surface area (Å²) in [5.41, 5.74) is 0.655. The molecule has 2 aromatic carbocycles. The van der Waals surface area contributed by atoms with Gasteiger partial charge in [-0.15, -0.1) is 11.8 Å². The minimum atomic E-state index is -0.852.